The molecule has 0 aromatic rings. The van der Waals surface area contributed by atoms with Crippen molar-refractivity contribution < 1.29 is 29.3 Å². The standard InChI is InChI=1S/C27H46O6/c28-26(29)32-24-22-20-18-16-14-12-10-8-6-4-2-1-3-5-7-9-11-13-15-17-19-21-23-25-33-27(30)31/h1-2,5-8H,3-4,9-25H2,(H,28,29)(H,30,31). The molecule has 0 aromatic heterocycles. The fraction of sp³-hybridized carbons (Fsp3) is 0.704. The van der Waals surface area contributed by atoms with Crippen LogP contribution >= 0.6 is 0 Å². The van der Waals surface area contributed by atoms with Gasteiger partial charge in [-0.3, -0.25) is 0 Å². The maximum absolute atomic E-state index is 10.2. The molecule has 0 atom stereocenters. The van der Waals surface area contributed by atoms with Gasteiger partial charge in [-0.05, 0) is 51.4 Å². The van der Waals surface area contributed by atoms with Crippen molar-refractivity contribution in [2.24, 2.45) is 0 Å². The van der Waals surface area contributed by atoms with Crippen molar-refractivity contribution in [3.05, 3.63) is 36.5 Å². The number of allylic oxidation sites excluding steroid dienone is 6. The van der Waals surface area contributed by atoms with Crippen molar-refractivity contribution in [3.8, 4) is 0 Å². The lowest BCUT2D eigenvalue weighted by atomic mass is 10.1. The number of carbonyl (C=O) groups is 2. The number of unbranched alkanes of at least 4 members (excludes halogenated alkanes) is 13. The van der Waals surface area contributed by atoms with Gasteiger partial charge in [0.2, 0.25) is 0 Å². The zero-order valence-electron chi connectivity index (χ0n) is 20.4. The summed E-state index contributed by atoms with van der Waals surface area (Å²) in [5, 5.41) is 16.7. The van der Waals surface area contributed by atoms with E-state index >= 15 is 0 Å². The van der Waals surface area contributed by atoms with Crippen LogP contribution in [-0.4, -0.2) is 35.7 Å². The van der Waals surface area contributed by atoms with Gasteiger partial charge < -0.3 is 19.7 Å². The quantitative estimate of drug-likeness (QED) is 0.0888. The zero-order valence-corrected chi connectivity index (χ0v) is 20.4. The smallest absolute Gasteiger partial charge is 0.450 e. The highest BCUT2D eigenvalue weighted by atomic mass is 16.7. The molecule has 6 heteroatoms. The Kier molecular flexibility index (Phi) is 24.2. The van der Waals surface area contributed by atoms with Crippen molar-refractivity contribution in [2.75, 3.05) is 13.2 Å². The molecule has 0 bridgehead atoms. The van der Waals surface area contributed by atoms with Gasteiger partial charge in [-0.15, -0.1) is 0 Å². The molecule has 190 valence electrons. The van der Waals surface area contributed by atoms with Crippen molar-refractivity contribution >= 4 is 12.3 Å². The highest BCUT2D eigenvalue weighted by Crippen LogP contribution is 2.10. The normalized spacial score (nSPS) is 11.6. The summed E-state index contributed by atoms with van der Waals surface area (Å²) in [6.07, 6.45) is 30.1. The lowest BCUT2D eigenvalue weighted by Gasteiger charge is -2.01. The van der Waals surface area contributed by atoms with E-state index in [4.69, 9.17) is 10.2 Å². The first-order valence-electron chi connectivity index (χ1n) is 12.8. The molecule has 6 nitrogen and oxygen atoms in total. The summed E-state index contributed by atoms with van der Waals surface area (Å²) in [6.45, 7) is 0.641. The predicted octanol–water partition coefficient (Wildman–Crippen LogP) is 8.68. The molecule has 0 radical (unpaired) electrons. The summed E-state index contributed by atoms with van der Waals surface area (Å²) in [5.41, 5.74) is 0. The molecule has 0 amide bonds. The van der Waals surface area contributed by atoms with Gasteiger partial charge in [0, 0.05) is 0 Å². The maximum Gasteiger partial charge on any atom is 0.505 e. The molecule has 33 heavy (non-hydrogen) atoms. The van der Waals surface area contributed by atoms with Gasteiger partial charge in [-0.2, -0.15) is 0 Å². The van der Waals surface area contributed by atoms with Crippen LogP contribution in [0.4, 0.5) is 9.59 Å². The average molecular weight is 467 g/mol. The molecule has 0 fully saturated rings. The van der Waals surface area contributed by atoms with E-state index in [0.717, 1.165) is 64.2 Å². The van der Waals surface area contributed by atoms with Crippen LogP contribution in [0.25, 0.3) is 0 Å². The van der Waals surface area contributed by atoms with Crippen molar-refractivity contribution in [3.63, 3.8) is 0 Å². The number of hydrogen-bond acceptors (Lipinski definition) is 4. The van der Waals surface area contributed by atoms with Crippen LogP contribution in [-0.2, 0) is 9.47 Å². The van der Waals surface area contributed by atoms with Crippen LogP contribution in [0.5, 0.6) is 0 Å². The van der Waals surface area contributed by atoms with Crippen LogP contribution < -0.4 is 0 Å². The Morgan fingerprint density at radius 2 is 0.758 bits per heavy atom. The molecule has 0 heterocycles. The molecule has 0 unspecified atom stereocenters. The van der Waals surface area contributed by atoms with E-state index in [1.54, 1.807) is 0 Å². The maximum atomic E-state index is 10.2. The molecule has 2 N–H and O–H groups in total. The Morgan fingerprint density at radius 3 is 1.12 bits per heavy atom. The molecule has 0 aromatic carbocycles. The monoisotopic (exact) mass is 466 g/mol. The molecule has 0 saturated carbocycles. The summed E-state index contributed by atoms with van der Waals surface area (Å²) >= 11 is 0. The first kappa shape index (κ1) is 30.8. The Bertz CT molecular complexity index is 539. The van der Waals surface area contributed by atoms with E-state index in [1.807, 2.05) is 0 Å². The van der Waals surface area contributed by atoms with Gasteiger partial charge in [0.1, 0.15) is 0 Å². The molecular formula is C27H46O6. The minimum absolute atomic E-state index is 0.319. The van der Waals surface area contributed by atoms with E-state index in [9.17, 15) is 9.59 Å². The number of rotatable bonds is 23. The van der Waals surface area contributed by atoms with Gasteiger partial charge in [0.15, 0.2) is 0 Å². The minimum Gasteiger partial charge on any atom is -0.450 e. The van der Waals surface area contributed by atoms with Gasteiger partial charge in [0.25, 0.3) is 0 Å². The molecule has 0 rings (SSSR count). The van der Waals surface area contributed by atoms with E-state index in [1.165, 1.54) is 44.9 Å². The van der Waals surface area contributed by atoms with Gasteiger partial charge >= 0.3 is 12.3 Å². The third-order valence-electron chi connectivity index (χ3n) is 5.28. The molecule has 0 saturated heterocycles. The summed E-state index contributed by atoms with van der Waals surface area (Å²) < 4.78 is 8.97. The highest BCUT2D eigenvalue weighted by molar-refractivity contribution is 5.56. The largest absolute Gasteiger partial charge is 0.505 e. The van der Waals surface area contributed by atoms with Crippen molar-refractivity contribution in [2.45, 2.75) is 109 Å². The fourth-order valence-electron chi connectivity index (χ4n) is 3.42. The second-order valence-electron chi connectivity index (χ2n) is 8.29. The number of ether oxygens (including phenoxy) is 2. The van der Waals surface area contributed by atoms with Gasteiger partial charge in [-0.1, -0.05) is 94.2 Å². The lowest BCUT2D eigenvalue weighted by molar-refractivity contribution is 0.0887. The molecular weight excluding hydrogens is 420 g/mol. The Hall–Kier alpha value is -2.24. The first-order chi connectivity index (χ1) is 16.1. The van der Waals surface area contributed by atoms with Crippen molar-refractivity contribution in [1.82, 2.24) is 0 Å². The van der Waals surface area contributed by atoms with E-state index < -0.39 is 12.3 Å². The highest BCUT2D eigenvalue weighted by Gasteiger charge is 1.97. The third kappa shape index (κ3) is 29.8. The van der Waals surface area contributed by atoms with Crippen LogP contribution in [0.1, 0.15) is 109 Å². The Balaban J connectivity index is 3.26. The molecule has 0 aliphatic heterocycles. The fourth-order valence-corrected chi connectivity index (χ4v) is 3.42. The van der Waals surface area contributed by atoms with Crippen LogP contribution in [0.2, 0.25) is 0 Å². The Morgan fingerprint density at radius 1 is 0.455 bits per heavy atom. The van der Waals surface area contributed by atoms with E-state index in [2.05, 4.69) is 45.9 Å². The molecule has 0 aliphatic carbocycles. The summed E-state index contributed by atoms with van der Waals surface area (Å²) in [5.74, 6) is 0. The predicted molar refractivity (Wildman–Crippen MR) is 134 cm³/mol. The number of hydrogen-bond donors (Lipinski definition) is 2. The topological polar surface area (TPSA) is 93.1 Å². The van der Waals surface area contributed by atoms with Crippen LogP contribution in [0, 0.1) is 0 Å². The van der Waals surface area contributed by atoms with E-state index in [-0.39, 0.29) is 0 Å². The van der Waals surface area contributed by atoms with Crippen LogP contribution in [0.15, 0.2) is 36.5 Å². The molecule has 0 spiro atoms. The second kappa shape index (κ2) is 26.0. The lowest BCUT2D eigenvalue weighted by Crippen LogP contribution is -2.01. The third-order valence-corrected chi connectivity index (χ3v) is 5.28. The van der Waals surface area contributed by atoms with Gasteiger partial charge in [-0.25, -0.2) is 9.59 Å². The van der Waals surface area contributed by atoms with E-state index in [0.29, 0.717) is 13.2 Å². The van der Waals surface area contributed by atoms with Crippen molar-refractivity contribution in [1.29, 1.82) is 0 Å². The van der Waals surface area contributed by atoms with Gasteiger partial charge in [0.05, 0.1) is 13.2 Å². The molecule has 0 aliphatic rings. The second-order valence-corrected chi connectivity index (χ2v) is 8.29. The first-order valence-corrected chi connectivity index (χ1v) is 12.8. The Labute approximate surface area is 200 Å². The zero-order chi connectivity index (χ0) is 24.2. The summed E-state index contributed by atoms with van der Waals surface area (Å²) in [4.78, 5) is 20.4. The summed E-state index contributed by atoms with van der Waals surface area (Å²) in [7, 11) is 0. The minimum atomic E-state index is -1.18. The SMILES string of the molecule is O=C(O)OCCCCCCCCC=CCC=CCC=CCCCCCCCCCOC(=O)O. The number of carboxylic acid groups (broad SMARTS) is 2. The van der Waals surface area contributed by atoms with Crippen LogP contribution in [0.3, 0.4) is 0 Å². The summed E-state index contributed by atoms with van der Waals surface area (Å²) in [6, 6.07) is 0. The average Bonchev–Trinajstić information content (AvgIpc) is 2.78.